The average Bonchev–Trinajstić information content (AvgIpc) is 2.72. The number of aryl methyl sites for hydroxylation is 1. The lowest BCUT2D eigenvalue weighted by Crippen LogP contribution is -2.28. The molecule has 2 rings (SSSR count). The van der Waals surface area contributed by atoms with Crippen LogP contribution in [-0.4, -0.2) is 47.7 Å². The van der Waals surface area contributed by atoms with Crippen LogP contribution < -0.4 is 15.5 Å². The smallest absolute Gasteiger partial charge is 0.414 e. The topological polar surface area (TPSA) is 119 Å². The van der Waals surface area contributed by atoms with E-state index in [4.69, 9.17) is 31.4 Å². The Morgan fingerprint density at radius 3 is 2.13 bits per heavy atom. The largest absolute Gasteiger partial charge is 0.473 e. The van der Waals surface area contributed by atoms with Crippen LogP contribution in [0.1, 0.15) is 25.0 Å². The van der Waals surface area contributed by atoms with Crippen LogP contribution in [0.5, 0.6) is 0 Å². The van der Waals surface area contributed by atoms with E-state index in [0.717, 1.165) is 29.9 Å². The molecule has 0 atom stereocenters. The molecule has 0 fully saturated rings. The van der Waals surface area contributed by atoms with Crippen molar-refractivity contribution in [2.45, 2.75) is 27.3 Å². The Hall–Kier alpha value is -3.10. The highest BCUT2D eigenvalue weighted by atomic mass is 35.5. The number of nitrogens with zero attached hydrogens (tertiary/aromatic N) is 1. The molecule has 0 spiro atoms. The highest BCUT2D eigenvalue weighted by molar-refractivity contribution is 6.31. The Morgan fingerprint density at radius 2 is 1.61 bits per heavy atom. The fourth-order valence-electron chi connectivity index (χ4n) is 2.72. The Bertz CT molecular complexity index is 888. The summed E-state index contributed by atoms with van der Waals surface area (Å²) in [5.41, 5.74) is 4.07. The molecule has 0 aliphatic heterocycles. The Labute approximate surface area is 186 Å². The highest BCUT2D eigenvalue weighted by Gasteiger charge is 2.08. The van der Waals surface area contributed by atoms with E-state index in [1.165, 1.54) is 5.69 Å². The molecule has 0 aliphatic rings. The van der Waals surface area contributed by atoms with Gasteiger partial charge in [-0.2, -0.15) is 0 Å². The molecule has 0 unspecified atom stereocenters. The van der Waals surface area contributed by atoms with Crippen molar-refractivity contribution < 1.29 is 24.6 Å². The van der Waals surface area contributed by atoms with E-state index in [1.807, 2.05) is 43.3 Å². The first-order chi connectivity index (χ1) is 14.7. The number of carboxylic acids is 2. The third-order valence-electron chi connectivity index (χ3n) is 4.35. The van der Waals surface area contributed by atoms with Crippen LogP contribution in [0.25, 0.3) is 0 Å². The zero-order chi connectivity index (χ0) is 23.4. The van der Waals surface area contributed by atoms with Crippen molar-refractivity contribution in [2.24, 2.45) is 0 Å². The van der Waals surface area contributed by atoms with Crippen LogP contribution in [0.4, 0.5) is 11.4 Å². The van der Waals surface area contributed by atoms with Crippen LogP contribution in [0.15, 0.2) is 42.5 Å². The van der Waals surface area contributed by atoms with Crippen molar-refractivity contribution in [1.82, 2.24) is 5.32 Å². The molecule has 1 amide bonds. The number of hydrogen-bond acceptors (Lipinski definition) is 5. The summed E-state index contributed by atoms with van der Waals surface area (Å²) in [6.07, 6.45) is 0. The summed E-state index contributed by atoms with van der Waals surface area (Å²) in [7, 11) is 0. The monoisotopic (exact) mass is 449 g/mol. The van der Waals surface area contributed by atoms with E-state index in [0.29, 0.717) is 11.6 Å². The molecule has 2 aromatic rings. The molecule has 2 aromatic carbocycles. The predicted octanol–water partition coefficient (Wildman–Crippen LogP) is 3.38. The van der Waals surface area contributed by atoms with E-state index in [2.05, 4.69) is 35.4 Å². The molecule has 31 heavy (non-hydrogen) atoms. The number of carboxylic acid groups (broad SMARTS) is 2. The molecule has 168 valence electrons. The summed E-state index contributed by atoms with van der Waals surface area (Å²) >= 11 is 6.11. The molecule has 8 nitrogen and oxygen atoms in total. The number of halogens is 1. The fourth-order valence-corrected chi connectivity index (χ4v) is 2.92. The first kappa shape index (κ1) is 25.9. The fraction of sp³-hybridized carbons (Fsp3) is 0.318. The molecule has 9 heteroatoms. The zero-order valence-corrected chi connectivity index (χ0v) is 18.6. The van der Waals surface area contributed by atoms with Gasteiger partial charge in [0, 0.05) is 36.0 Å². The number of carbonyl (C=O) groups is 3. The molecular weight excluding hydrogens is 422 g/mol. The van der Waals surface area contributed by atoms with Crippen molar-refractivity contribution in [3.8, 4) is 0 Å². The van der Waals surface area contributed by atoms with Crippen LogP contribution in [0.3, 0.4) is 0 Å². The van der Waals surface area contributed by atoms with E-state index in [1.54, 1.807) is 0 Å². The number of nitrogens with one attached hydrogen (secondary N) is 2. The lowest BCUT2D eigenvalue weighted by atomic mass is 10.1. The van der Waals surface area contributed by atoms with E-state index >= 15 is 0 Å². The second-order valence-electron chi connectivity index (χ2n) is 6.52. The van der Waals surface area contributed by atoms with Crippen LogP contribution in [0.2, 0.25) is 5.02 Å². The summed E-state index contributed by atoms with van der Waals surface area (Å²) in [6, 6.07) is 13.7. The first-order valence-corrected chi connectivity index (χ1v) is 10.1. The number of rotatable bonds is 8. The SMILES string of the molecule is CCN(CC)c1ccc(NC(=O)CNCc2ccccc2Cl)c(C)c1.O=C(O)C(=O)O. The van der Waals surface area contributed by atoms with E-state index in [9.17, 15) is 4.79 Å². The summed E-state index contributed by atoms with van der Waals surface area (Å²) in [5.74, 6) is -3.71. The van der Waals surface area contributed by atoms with Gasteiger partial charge in [-0.15, -0.1) is 0 Å². The number of amides is 1. The lowest BCUT2D eigenvalue weighted by Gasteiger charge is -2.22. The van der Waals surface area contributed by atoms with Gasteiger partial charge in [0.1, 0.15) is 0 Å². The maximum atomic E-state index is 12.2. The van der Waals surface area contributed by atoms with Crippen LogP contribution in [0, 0.1) is 6.92 Å². The van der Waals surface area contributed by atoms with Gasteiger partial charge in [-0.3, -0.25) is 4.79 Å². The Balaban J connectivity index is 0.000000703. The van der Waals surface area contributed by atoms with Crippen molar-refractivity contribution >= 4 is 40.8 Å². The minimum Gasteiger partial charge on any atom is -0.473 e. The quantitative estimate of drug-likeness (QED) is 0.456. The standard InChI is InChI=1S/C20H26ClN3O.C2H2O4/c1-4-24(5-2)17-10-11-19(15(3)12-17)23-20(25)14-22-13-16-8-6-7-9-18(16)21;3-1(4)2(5)6/h6-12,22H,4-5,13-14H2,1-3H3,(H,23,25);(H,3,4)(H,5,6). The maximum Gasteiger partial charge on any atom is 0.414 e. The summed E-state index contributed by atoms with van der Waals surface area (Å²) in [4.78, 5) is 32.6. The van der Waals surface area contributed by atoms with Crippen molar-refractivity contribution in [3.05, 3.63) is 58.6 Å². The van der Waals surface area contributed by atoms with Gasteiger partial charge in [-0.1, -0.05) is 29.8 Å². The minimum absolute atomic E-state index is 0.0641. The normalized spacial score (nSPS) is 9.94. The molecule has 0 aliphatic carbocycles. The molecule has 0 bridgehead atoms. The second kappa shape index (κ2) is 13.3. The second-order valence-corrected chi connectivity index (χ2v) is 6.93. The van der Waals surface area contributed by atoms with Gasteiger partial charge >= 0.3 is 11.9 Å². The summed E-state index contributed by atoms with van der Waals surface area (Å²) in [6.45, 7) is 9.02. The number of benzene rings is 2. The highest BCUT2D eigenvalue weighted by Crippen LogP contribution is 2.22. The maximum absolute atomic E-state index is 12.2. The predicted molar refractivity (Wildman–Crippen MR) is 122 cm³/mol. The molecular formula is C22H28ClN3O5. The van der Waals surface area contributed by atoms with Gasteiger partial charge in [0.15, 0.2) is 0 Å². The first-order valence-electron chi connectivity index (χ1n) is 9.75. The van der Waals surface area contributed by atoms with Crippen LogP contribution >= 0.6 is 11.6 Å². The Kier molecular flexibility index (Phi) is 11.1. The summed E-state index contributed by atoms with van der Waals surface area (Å²) < 4.78 is 0. The third-order valence-corrected chi connectivity index (χ3v) is 4.72. The van der Waals surface area contributed by atoms with Gasteiger partial charge in [0.25, 0.3) is 0 Å². The van der Waals surface area contributed by atoms with Crippen LogP contribution in [-0.2, 0) is 20.9 Å². The third kappa shape index (κ3) is 9.06. The average molecular weight is 450 g/mol. The van der Waals surface area contributed by atoms with Gasteiger partial charge in [-0.25, -0.2) is 9.59 Å². The number of aliphatic carboxylic acids is 2. The van der Waals surface area contributed by atoms with Gasteiger partial charge < -0.3 is 25.7 Å². The summed E-state index contributed by atoms with van der Waals surface area (Å²) in [5, 5.41) is 21.6. The molecule has 0 aromatic heterocycles. The van der Waals surface area contributed by atoms with Crippen molar-refractivity contribution in [3.63, 3.8) is 0 Å². The number of carbonyl (C=O) groups excluding carboxylic acids is 1. The van der Waals surface area contributed by atoms with Crippen molar-refractivity contribution in [1.29, 1.82) is 0 Å². The van der Waals surface area contributed by atoms with Crippen molar-refractivity contribution in [2.75, 3.05) is 29.9 Å². The minimum atomic E-state index is -1.82. The van der Waals surface area contributed by atoms with Gasteiger partial charge in [0.05, 0.1) is 6.54 Å². The zero-order valence-electron chi connectivity index (χ0n) is 17.8. The number of hydrogen-bond donors (Lipinski definition) is 4. The molecule has 0 radical (unpaired) electrons. The molecule has 0 saturated heterocycles. The molecule has 0 heterocycles. The van der Waals surface area contributed by atoms with E-state index in [-0.39, 0.29) is 12.5 Å². The number of anilines is 2. The molecule has 0 saturated carbocycles. The Morgan fingerprint density at radius 1 is 1.00 bits per heavy atom. The lowest BCUT2D eigenvalue weighted by molar-refractivity contribution is -0.159. The van der Waals surface area contributed by atoms with Gasteiger partial charge in [0.2, 0.25) is 5.91 Å². The molecule has 4 N–H and O–H groups in total. The van der Waals surface area contributed by atoms with E-state index < -0.39 is 11.9 Å². The van der Waals surface area contributed by atoms with Gasteiger partial charge in [-0.05, 0) is 56.2 Å².